The molecule has 6 heteroatoms. The van der Waals surface area contributed by atoms with Gasteiger partial charge in [0.2, 0.25) is 5.91 Å². The zero-order valence-corrected chi connectivity index (χ0v) is 10.0. The number of aliphatic carboxylic acids is 1. The van der Waals surface area contributed by atoms with Gasteiger partial charge in [-0.2, -0.15) is 0 Å². The quantitative estimate of drug-likeness (QED) is 0.812. The average molecular weight is 249 g/mol. The lowest BCUT2D eigenvalue weighted by molar-refractivity contribution is -0.139. The summed E-state index contributed by atoms with van der Waals surface area (Å²) in [5.74, 6) is -0.740. The number of aromatic nitrogens is 1. The molecule has 2 atom stereocenters. The second kappa shape index (κ2) is 4.64. The van der Waals surface area contributed by atoms with Gasteiger partial charge in [0.25, 0.3) is 0 Å². The SMILES string of the molecule is CC1CCN(c2ccc(C(N)=O)cn2)C1C(=O)O. The van der Waals surface area contributed by atoms with E-state index in [2.05, 4.69) is 4.98 Å². The van der Waals surface area contributed by atoms with Gasteiger partial charge in [0, 0.05) is 12.7 Å². The molecule has 0 aliphatic carbocycles. The summed E-state index contributed by atoms with van der Waals surface area (Å²) in [4.78, 5) is 28.0. The molecule has 0 bridgehead atoms. The predicted molar refractivity (Wildman–Crippen MR) is 65.3 cm³/mol. The Labute approximate surface area is 104 Å². The number of anilines is 1. The Balaban J connectivity index is 2.25. The molecule has 1 aromatic heterocycles. The summed E-state index contributed by atoms with van der Waals surface area (Å²) in [5, 5.41) is 9.21. The van der Waals surface area contributed by atoms with Crippen LogP contribution in [0.5, 0.6) is 0 Å². The first-order valence-corrected chi connectivity index (χ1v) is 5.76. The zero-order valence-electron chi connectivity index (χ0n) is 10.0. The third-order valence-electron chi connectivity index (χ3n) is 3.28. The number of amides is 1. The molecule has 0 spiro atoms. The second-order valence-electron chi connectivity index (χ2n) is 4.51. The number of rotatable bonds is 3. The van der Waals surface area contributed by atoms with E-state index < -0.39 is 17.9 Å². The van der Waals surface area contributed by atoms with E-state index in [4.69, 9.17) is 5.73 Å². The molecule has 0 radical (unpaired) electrons. The van der Waals surface area contributed by atoms with Crippen LogP contribution in [0.2, 0.25) is 0 Å². The highest BCUT2D eigenvalue weighted by atomic mass is 16.4. The minimum atomic E-state index is -0.847. The maximum atomic E-state index is 11.2. The van der Waals surface area contributed by atoms with Crippen molar-refractivity contribution >= 4 is 17.7 Å². The molecule has 96 valence electrons. The van der Waals surface area contributed by atoms with Crippen LogP contribution in [0, 0.1) is 5.92 Å². The molecule has 0 saturated carbocycles. The van der Waals surface area contributed by atoms with Gasteiger partial charge in [-0.25, -0.2) is 9.78 Å². The topological polar surface area (TPSA) is 96.5 Å². The Bertz CT molecular complexity index is 472. The largest absolute Gasteiger partial charge is 0.480 e. The maximum Gasteiger partial charge on any atom is 0.326 e. The van der Waals surface area contributed by atoms with E-state index in [1.165, 1.54) is 6.20 Å². The van der Waals surface area contributed by atoms with Gasteiger partial charge in [-0.15, -0.1) is 0 Å². The van der Waals surface area contributed by atoms with E-state index >= 15 is 0 Å². The van der Waals surface area contributed by atoms with Gasteiger partial charge in [0.1, 0.15) is 11.9 Å². The van der Waals surface area contributed by atoms with Crippen LogP contribution in [0.25, 0.3) is 0 Å². The number of hydrogen-bond acceptors (Lipinski definition) is 4. The summed E-state index contributed by atoms with van der Waals surface area (Å²) >= 11 is 0. The van der Waals surface area contributed by atoms with Crippen molar-refractivity contribution in [1.29, 1.82) is 0 Å². The Kier molecular flexibility index (Phi) is 3.18. The molecular weight excluding hydrogens is 234 g/mol. The predicted octanol–water partition coefficient (Wildman–Crippen LogP) is 0.480. The minimum Gasteiger partial charge on any atom is -0.480 e. The zero-order chi connectivity index (χ0) is 13.3. The Hall–Kier alpha value is -2.11. The molecule has 1 fully saturated rings. The van der Waals surface area contributed by atoms with Crippen molar-refractivity contribution < 1.29 is 14.7 Å². The molecule has 1 aliphatic heterocycles. The summed E-state index contributed by atoms with van der Waals surface area (Å²) < 4.78 is 0. The summed E-state index contributed by atoms with van der Waals surface area (Å²) in [5.41, 5.74) is 5.45. The molecule has 1 saturated heterocycles. The van der Waals surface area contributed by atoms with Crippen LogP contribution in [-0.4, -0.2) is 34.6 Å². The molecule has 1 amide bonds. The third kappa shape index (κ3) is 2.13. The monoisotopic (exact) mass is 249 g/mol. The summed E-state index contributed by atoms with van der Waals surface area (Å²) in [7, 11) is 0. The Morgan fingerprint density at radius 1 is 1.50 bits per heavy atom. The van der Waals surface area contributed by atoms with Crippen LogP contribution in [0.3, 0.4) is 0 Å². The lowest BCUT2D eigenvalue weighted by Gasteiger charge is -2.24. The van der Waals surface area contributed by atoms with Crippen molar-refractivity contribution in [2.45, 2.75) is 19.4 Å². The molecule has 2 unspecified atom stereocenters. The molecule has 2 heterocycles. The highest BCUT2D eigenvalue weighted by Crippen LogP contribution is 2.28. The summed E-state index contributed by atoms with van der Waals surface area (Å²) in [6.45, 7) is 2.57. The Morgan fingerprint density at radius 2 is 2.22 bits per heavy atom. The normalized spacial score (nSPS) is 23.1. The first-order chi connectivity index (χ1) is 8.50. The number of hydrogen-bond donors (Lipinski definition) is 2. The van der Waals surface area contributed by atoms with Gasteiger partial charge in [0.15, 0.2) is 0 Å². The van der Waals surface area contributed by atoms with Gasteiger partial charge in [-0.1, -0.05) is 6.92 Å². The minimum absolute atomic E-state index is 0.0834. The van der Waals surface area contributed by atoms with E-state index in [0.29, 0.717) is 17.9 Å². The average Bonchev–Trinajstić information content (AvgIpc) is 2.71. The van der Waals surface area contributed by atoms with Gasteiger partial charge in [-0.3, -0.25) is 4.79 Å². The van der Waals surface area contributed by atoms with Gasteiger partial charge in [-0.05, 0) is 24.5 Å². The fraction of sp³-hybridized carbons (Fsp3) is 0.417. The molecule has 0 aromatic carbocycles. The van der Waals surface area contributed by atoms with Crippen LogP contribution in [-0.2, 0) is 4.79 Å². The van der Waals surface area contributed by atoms with Crippen molar-refractivity contribution in [3.8, 4) is 0 Å². The number of carboxylic acids is 1. The second-order valence-corrected chi connectivity index (χ2v) is 4.51. The number of nitrogens with zero attached hydrogens (tertiary/aromatic N) is 2. The Morgan fingerprint density at radius 3 is 2.72 bits per heavy atom. The number of carbonyl (C=O) groups is 2. The number of pyridine rings is 1. The van der Waals surface area contributed by atoms with Crippen molar-refractivity contribution in [1.82, 2.24) is 4.98 Å². The molecule has 3 N–H and O–H groups in total. The standard InChI is InChI=1S/C12H15N3O3/c1-7-4-5-15(10(7)12(17)18)9-3-2-8(6-14-9)11(13)16/h2-3,6-7,10H,4-5H2,1H3,(H2,13,16)(H,17,18). The van der Waals surface area contributed by atoms with E-state index in [1.54, 1.807) is 17.0 Å². The van der Waals surface area contributed by atoms with Crippen molar-refractivity contribution in [2.24, 2.45) is 11.7 Å². The molecule has 1 aromatic rings. The van der Waals surface area contributed by atoms with E-state index in [1.807, 2.05) is 6.92 Å². The number of carboxylic acid groups (broad SMARTS) is 1. The number of carbonyl (C=O) groups excluding carboxylic acids is 1. The fourth-order valence-electron chi connectivity index (χ4n) is 2.28. The molecule has 6 nitrogen and oxygen atoms in total. The summed E-state index contributed by atoms with van der Waals surface area (Å²) in [6.07, 6.45) is 2.19. The lowest BCUT2D eigenvalue weighted by Crippen LogP contribution is -2.39. The van der Waals surface area contributed by atoms with Crippen LogP contribution >= 0.6 is 0 Å². The van der Waals surface area contributed by atoms with Crippen LogP contribution in [0.1, 0.15) is 23.7 Å². The van der Waals surface area contributed by atoms with E-state index in [-0.39, 0.29) is 5.92 Å². The third-order valence-corrected chi connectivity index (χ3v) is 3.28. The molecule has 2 rings (SSSR count). The maximum absolute atomic E-state index is 11.2. The smallest absolute Gasteiger partial charge is 0.326 e. The lowest BCUT2D eigenvalue weighted by atomic mass is 10.0. The number of nitrogens with two attached hydrogens (primary N) is 1. The van der Waals surface area contributed by atoms with E-state index in [0.717, 1.165) is 6.42 Å². The van der Waals surface area contributed by atoms with Crippen LogP contribution in [0.15, 0.2) is 18.3 Å². The highest BCUT2D eigenvalue weighted by molar-refractivity contribution is 5.92. The van der Waals surface area contributed by atoms with Crippen molar-refractivity contribution in [3.63, 3.8) is 0 Å². The molecule has 1 aliphatic rings. The first-order valence-electron chi connectivity index (χ1n) is 5.76. The highest BCUT2D eigenvalue weighted by Gasteiger charge is 2.37. The van der Waals surface area contributed by atoms with E-state index in [9.17, 15) is 14.7 Å². The number of primary amides is 1. The summed E-state index contributed by atoms with van der Waals surface area (Å²) in [6, 6.07) is 2.64. The molecular formula is C12H15N3O3. The first kappa shape index (κ1) is 12.3. The van der Waals surface area contributed by atoms with Crippen molar-refractivity contribution in [2.75, 3.05) is 11.4 Å². The van der Waals surface area contributed by atoms with Gasteiger partial charge in [0.05, 0.1) is 5.56 Å². The van der Waals surface area contributed by atoms with Gasteiger partial charge < -0.3 is 15.7 Å². The van der Waals surface area contributed by atoms with Crippen molar-refractivity contribution in [3.05, 3.63) is 23.9 Å². The van der Waals surface area contributed by atoms with Gasteiger partial charge >= 0.3 is 5.97 Å². The fourth-order valence-corrected chi connectivity index (χ4v) is 2.28. The van der Waals surface area contributed by atoms with Crippen LogP contribution in [0.4, 0.5) is 5.82 Å². The molecule has 18 heavy (non-hydrogen) atoms. The van der Waals surface area contributed by atoms with Crippen LogP contribution < -0.4 is 10.6 Å².